The molecule has 174 valence electrons. The van der Waals surface area contributed by atoms with Gasteiger partial charge in [-0.3, -0.25) is 4.79 Å². The van der Waals surface area contributed by atoms with E-state index in [0.29, 0.717) is 27.3 Å². The molecule has 8 nitrogen and oxygen atoms in total. The fraction of sp³-hybridized carbons (Fsp3) is 0.160. The van der Waals surface area contributed by atoms with Gasteiger partial charge >= 0.3 is 5.97 Å². The van der Waals surface area contributed by atoms with E-state index < -0.39 is 5.97 Å². The Kier molecular flexibility index (Phi) is 7.03. The molecule has 0 spiro atoms. The normalized spacial score (nSPS) is 15.4. The number of carbonyl (C=O) groups is 2. The van der Waals surface area contributed by atoms with Gasteiger partial charge in [-0.15, -0.1) is 0 Å². The van der Waals surface area contributed by atoms with E-state index in [-0.39, 0.29) is 18.3 Å². The highest BCUT2D eigenvalue weighted by atomic mass is 32.2. The van der Waals surface area contributed by atoms with E-state index in [1.807, 2.05) is 37.3 Å². The number of ether oxygens (including phenoxy) is 3. The van der Waals surface area contributed by atoms with Gasteiger partial charge in [-0.05, 0) is 66.7 Å². The predicted octanol–water partition coefficient (Wildman–Crippen LogP) is 4.85. The van der Waals surface area contributed by atoms with Gasteiger partial charge in [-0.25, -0.2) is 9.79 Å². The van der Waals surface area contributed by atoms with E-state index in [2.05, 4.69) is 15.0 Å². The van der Waals surface area contributed by atoms with E-state index in [1.165, 1.54) is 32.0 Å². The first-order chi connectivity index (χ1) is 16.4. The molecule has 1 aliphatic rings. The molecule has 1 fully saturated rings. The lowest BCUT2D eigenvalue weighted by atomic mass is 10.2. The standard InChI is InChI=1S/C25H22N2O6S/c1-15-4-7-17(8-5-15)26-25-27-23(28)22(34-25)13-16-6-10-19(21(12-16)30-2)32-14-18-9-11-20(33-18)24(29)31-3/h4-13H,14H2,1-3H3,(H,26,27,28). The number of benzene rings is 2. The van der Waals surface area contributed by atoms with Crippen molar-refractivity contribution in [1.82, 2.24) is 5.32 Å². The number of esters is 1. The second-order valence-corrected chi connectivity index (χ2v) is 8.30. The van der Waals surface area contributed by atoms with E-state index >= 15 is 0 Å². The van der Waals surface area contributed by atoms with Gasteiger partial charge in [0.05, 0.1) is 24.8 Å². The molecule has 0 unspecified atom stereocenters. The maximum atomic E-state index is 12.4. The molecule has 0 saturated carbocycles. The fourth-order valence-corrected chi connectivity index (χ4v) is 3.92. The minimum Gasteiger partial charge on any atom is -0.493 e. The summed E-state index contributed by atoms with van der Waals surface area (Å²) in [4.78, 5) is 28.9. The van der Waals surface area contributed by atoms with Crippen molar-refractivity contribution >= 4 is 40.6 Å². The van der Waals surface area contributed by atoms with E-state index in [1.54, 1.807) is 24.3 Å². The third kappa shape index (κ3) is 5.49. The summed E-state index contributed by atoms with van der Waals surface area (Å²) in [7, 11) is 2.82. The highest BCUT2D eigenvalue weighted by molar-refractivity contribution is 8.18. The van der Waals surface area contributed by atoms with Gasteiger partial charge in [0.15, 0.2) is 16.7 Å². The van der Waals surface area contributed by atoms with Crippen LogP contribution in [-0.4, -0.2) is 31.3 Å². The third-order valence-electron chi connectivity index (χ3n) is 4.82. The van der Waals surface area contributed by atoms with Crippen LogP contribution in [0, 0.1) is 6.92 Å². The lowest BCUT2D eigenvalue weighted by molar-refractivity contribution is -0.115. The Morgan fingerprint density at radius 2 is 1.88 bits per heavy atom. The summed E-state index contributed by atoms with van der Waals surface area (Å²) in [5.41, 5.74) is 2.68. The Morgan fingerprint density at radius 3 is 2.62 bits per heavy atom. The number of nitrogens with zero attached hydrogens (tertiary/aromatic N) is 1. The highest BCUT2D eigenvalue weighted by Crippen LogP contribution is 2.32. The number of hydrogen-bond donors (Lipinski definition) is 1. The molecular formula is C25H22N2O6S. The number of aryl methyl sites for hydroxylation is 1. The summed E-state index contributed by atoms with van der Waals surface area (Å²) in [5, 5.41) is 3.31. The first kappa shape index (κ1) is 23.2. The van der Waals surface area contributed by atoms with Crippen molar-refractivity contribution in [2.45, 2.75) is 13.5 Å². The topological polar surface area (TPSA) is 99.4 Å². The zero-order chi connectivity index (χ0) is 24.1. The molecule has 0 radical (unpaired) electrons. The van der Waals surface area contributed by atoms with Crippen molar-refractivity contribution in [2.24, 2.45) is 4.99 Å². The van der Waals surface area contributed by atoms with Crippen molar-refractivity contribution in [3.05, 3.63) is 82.1 Å². The summed E-state index contributed by atoms with van der Waals surface area (Å²) in [6.07, 6.45) is 1.76. The minimum atomic E-state index is -0.554. The molecule has 34 heavy (non-hydrogen) atoms. The van der Waals surface area contributed by atoms with Crippen LogP contribution >= 0.6 is 11.8 Å². The van der Waals surface area contributed by atoms with Gasteiger partial charge < -0.3 is 23.9 Å². The lowest BCUT2D eigenvalue weighted by Gasteiger charge is -2.10. The number of amidine groups is 1. The predicted molar refractivity (Wildman–Crippen MR) is 129 cm³/mol. The van der Waals surface area contributed by atoms with Crippen LogP contribution in [0.1, 0.15) is 27.4 Å². The summed E-state index contributed by atoms with van der Waals surface area (Å²) in [6, 6.07) is 16.2. The van der Waals surface area contributed by atoms with Crippen molar-refractivity contribution in [1.29, 1.82) is 0 Å². The second-order valence-electron chi connectivity index (χ2n) is 7.27. The lowest BCUT2D eigenvalue weighted by Crippen LogP contribution is -2.19. The van der Waals surface area contributed by atoms with Crippen molar-refractivity contribution < 1.29 is 28.2 Å². The van der Waals surface area contributed by atoms with E-state index in [4.69, 9.17) is 13.9 Å². The van der Waals surface area contributed by atoms with Crippen molar-refractivity contribution in [2.75, 3.05) is 14.2 Å². The third-order valence-corrected chi connectivity index (χ3v) is 5.73. The number of amides is 1. The van der Waals surface area contributed by atoms with Crippen LogP contribution in [0.5, 0.6) is 11.5 Å². The van der Waals surface area contributed by atoms with Crippen LogP contribution in [-0.2, 0) is 16.1 Å². The SMILES string of the molecule is COC(=O)c1ccc(COc2ccc(C=C3SC(=Nc4ccc(C)cc4)NC3=O)cc2OC)o1. The zero-order valence-corrected chi connectivity index (χ0v) is 19.6. The van der Waals surface area contributed by atoms with Gasteiger partial charge in [-0.1, -0.05) is 23.8 Å². The molecule has 2 aromatic carbocycles. The van der Waals surface area contributed by atoms with Gasteiger partial charge in [0.2, 0.25) is 5.76 Å². The van der Waals surface area contributed by atoms with Gasteiger partial charge in [0, 0.05) is 0 Å². The molecular weight excluding hydrogens is 456 g/mol. The molecule has 3 aromatic rings. The number of hydrogen-bond acceptors (Lipinski definition) is 8. The van der Waals surface area contributed by atoms with E-state index in [0.717, 1.165) is 16.8 Å². The van der Waals surface area contributed by atoms with Gasteiger partial charge in [-0.2, -0.15) is 0 Å². The number of nitrogens with one attached hydrogen (secondary N) is 1. The van der Waals surface area contributed by atoms with E-state index in [9.17, 15) is 9.59 Å². The van der Waals surface area contributed by atoms with Crippen LogP contribution in [0.15, 0.2) is 68.9 Å². The Balaban J connectivity index is 1.45. The maximum absolute atomic E-state index is 12.4. The molecule has 1 aliphatic heterocycles. The average Bonchev–Trinajstić information content (AvgIpc) is 3.45. The highest BCUT2D eigenvalue weighted by Gasteiger charge is 2.24. The van der Waals surface area contributed by atoms with Gasteiger partial charge in [0.1, 0.15) is 12.4 Å². The molecule has 1 saturated heterocycles. The van der Waals surface area contributed by atoms with Crippen molar-refractivity contribution in [3.8, 4) is 11.5 Å². The van der Waals surface area contributed by atoms with Crippen molar-refractivity contribution in [3.63, 3.8) is 0 Å². The quantitative estimate of drug-likeness (QED) is 0.383. The number of carbonyl (C=O) groups excluding carboxylic acids is 2. The number of methoxy groups -OCH3 is 2. The molecule has 9 heteroatoms. The Morgan fingerprint density at radius 1 is 1.09 bits per heavy atom. The van der Waals surface area contributed by atoms with Crippen LogP contribution in [0.2, 0.25) is 0 Å². The Hall–Kier alpha value is -3.98. The molecule has 4 rings (SSSR count). The average molecular weight is 479 g/mol. The first-order valence-electron chi connectivity index (χ1n) is 10.3. The molecule has 1 aromatic heterocycles. The maximum Gasteiger partial charge on any atom is 0.373 e. The fourth-order valence-electron chi connectivity index (χ4n) is 3.08. The second kappa shape index (κ2) is 10.3. The van der Waals surface area contributed by atoms with Crippen LogP contribution in [0.3, 0.4) is 0 Å². The molecule has 0 aliphatic carbocycles. The number of thioether (sulfide) groups is 1. The first-order valence-corrected chi connectivity index (χ1v) is 11.1. The number of aliphatic imine (C=N–C) groups is 1. The minimum absolute atomic E-state index is 0.102. The number of rotatable bonds is 7. The summed E-state index contributed by atoms with van der Waals surface area (Å²) in [6.45, 7) is 2.11. The Bertz CT molecular complexity index is 1280. The van der Waals surface area contributed by atoms with Crippen LogP contribution < -0.4 is 14.8 Å². The summed E-state index contributed by atoms with van der Waals surface area (Å²) >= 11 is 1.27. The molecule has 0 bridgehead atoms. The molecule has 1 amide bonds. The molecule has 2 heterocycles. The number of furan rings is 1. The van der Waals surface area contributed by atoms with Gasteiger partial charge in [0.25, 0.3) is 5.91 Å². The largest absolute Gasteiger partial charge is 0.493 e. The van der Waals surface area contributed by atoms with Crippen LogP contribution in [0.25, 0.3) is 6.08 Å². The summed E-state index contributed by atoms with van der Waals surface area (Å²) < 4.78 is 21.3. The monoisotopic (exact) mass is 478 g/mol. The smallest absolute Gasteiger partial charge is 0.373 e. The van der Waals surface area contributed by atoms with Crippen LogP contribution in [0.4, 0.5) is 5.69 Å². The zero-order valence-electron chi connectivity index (χ0n) is 18.8. The summed E-state index contributed by atoms with van der Waals surface area (Å²) in [5.74, 6) is 0.786. The molecule has 0 atom stereocenters. The molecule has 1 N–H and O–H groups in total. The Labute approximate surface area is 200 Å².